The first-order valence-electron chi connectivity index (χ1n) is 5.24. The molecule has 92 valence electrons. The van der Waals surface area contributed by atoms with E-state index in [2.05, 4.69) is 0 Å². The molecule has 0 saturated carbocycles. The van der Waals surface area contributed by atoms with E-state index in [9.17, 15) is 4.79 Å². The lowest BCUT2D eigenvalue weighted by Crippen LogP contribution is -1.93. The lowest BCUT2D eigenvalue weighted by Gasteiger charge is -2.06. The average molecular weight is 300 g/mol. The maximum Gasteiger partial charge on any atom is 0.161 e. The first-order chi connectivity index (χ1) is 8.47. The van der Waals surface area contributed by atoms with E-state index in [0.717, 1.165) is 11.1 Å². The summed E-state index contributed by atoms with van der Waals surface area (Å²) in [7, 11) is 0. The number of carbonyl (C=O) groups is 1. The first-order valence-corrected chi connectivity index (χ1v) is 6.38. The van der Waals surface area contributed by atoms with Gasteiger partial charge in [0, 0.05) is 15.6 Å². The summed E-state index contributed by atoms with van der Waals surface area (Å²) in [5.74, 6) is -0.0596. The van der Waals surface area contributed by atoms with Crippen LogP contribution in [0.5, 0.6) is 0 Å². The van der Waals surface area contributed by atoms with Crippen molar-refractivity contribution in [2.45, 2.75) is 6.92 Å². The van der Waals surface area contributed by atoms with Gasteiger partial charge in [-0.15, -0.1) is 0 Å². The molecule has 0 aliphatic heterocycles. The van der Waals surface area contributed by atoms with E-state index in [1.54, 1.807) is 30.3 Å². The van der Waals surface area contributed by atoms with Crippen LogP contribution in [0, 0.1) is 0 Å². The van der Waals surface area contributed by atoms with Crippen LogP contribution in [0.2, 0.25) is 15.1 Å². The summed E-state index contributed by atoms with van der Waals surface area (Å²) >= 11 is 18.0. The van der Waals surface area contributed by atoms with Crippen LogP contribution in [0.25, 0.3) is 11.1 Å². The van der Waals surface area contributed by atoms with Crippen LogP contribution >= 0.6 is 34.8 Å². The van der Waals surface area contributed by atoms with Crippen LogP contribution in [-0.2, 0) is 0 Å². The molecule has 0 spiro atoms. The van der Waals surface area contributed by atoms with Crippen LogP contribution in [0.1, 0.15) is 17.3 Å². The second-order valence-electron chi connectivity index (χ2n) is 3.91. The molecular weight excluding hydrogens is 291 g/mol. The minimum atomic E-state index is -0.0596. The second kappa shape index (κ2) is 5.31. The van der Waals surface area contributed by atoms with E-state index in [-0.39, 0.29) is 5.78 Å². The van der Waals surface area contributed by atoms with Gasteiger partial charge in [-0.05, 0) is 48.4 Å². The van der Waals surface area contributed by atoms with E-state index >= 15 is 0 Å². The van der Waals surface area contributed by atoms with Gasteiger partial charge in [0.05, 0.1) is 5.02 Å². The minimum absolute atomic E-state index is 0.0596. The Morgan fingerprint density at radius 2 is 1.50 bits per heavy atom. The highest BCUT2D eigenvalue weighted by Gasteiger charge is 2.08. The van der Waals surface area contributed by atoms with Gasteiger partial charge in [0.25, 0.3) is 0 Å². The predicted molar refractivity (Wildman–Crippen MR) is 76.9 cm³/mol. The van der Waals surface area contributed by atoms with Crippen LogP contribution in [0.3, 0.4) is 0 Å². The van der Waals surface area contributed by atoms with Gasteiger partial charge in [-0.3, -0.25) is 4.79 Å². The number of hydrogen-bond acceptors (Lipinski definition) is 1. The molecule has 2 aromatic rings. The van der Waals surface area contributed by atoms with Crippen LogP contribution in [0.15, 0.2) is 36.4 Å². The molecule has 0 saturated heterocycles. The molecule has 0 fully saturated rings. The van der Waals surface area contributed by atoms with E-state index in [4.69, 9.17) is 34.8 Å². The zero-order chi connectivity index (χ0) is 13.3. The monoisotopic (exact) mass is 298 g/mol. The van der Waals surface area contributed by atoms with E-state index < -0.39 is 0 Å². The first kappa shape index (κ1) is 13.4. The summed E-state index contributed by atoms with van der Waals surface area (Å²) < 4.78 is 0. The summed E-state index contributed by atoms with van der Waals surface area (Å²) in [6.45, 7) is 1.48. The van der Waals surface area contributed by atoms with Gasteiger partial charge in [0.15, 0.2) is 5.78 Å². The third-order valence-electron chi connectivity index (χ3n) is 2.54. The molecule has 2 rings (SSSR count). The molecule has 0 aliphatic rings. The van der Waals surface area contributed by atoms with Gasteiger partial charge in [0.2, 0.25) is 0 Å². The van der Waals surface area contributed by atoms with Crippen LogP contribution in [0.4, 0.5) is 0 Å². The minimum Gasteiger partial charge on any atom is -0.294 e. The molecule has 0 heterocycles. The summed E-state index contributed by atoms with van der Waals surface area (Å²) in [4.78, 5) is 11.3. The molecule has 0 aliphatic carbocycles. The molecule has 18 heavy (non-hydrogen) atoms. The molecule has 1 nitrogen and oxygen atoms in total. The van der Waals surface area contributed by atoms with Crippen molar-refractivity contribution in [1.29, 1.82) is 0 Å². The van der Waals surface area contributed by atoms with Crippen molar-refractivity contribution in [2.75, 3.05) is 0 Å². The maximum atomic E-state index is 11.3. The SMILES string of the molecule is CC(=O)c1ccc(-c2cc(Cl)cc(Cl)c2)cc1Cl. The number of benzene rings is 2. The molecule has 0 radical (unpaired) electrons. The summed E-state index contributed by atoms with van der Waals surface area (Å²) in [6.07, 6.45) is 0. The fourth-order valence-electron chi connectivity index (χ4n) is 1.70. The van der Waals surface area contributed by atoms with Gasteiger partial charge >= 0.3 is 0 Å². The van der Waals surface area contributed by atoms with E-state index in [1.807, 2.05) is 6.07 Å². The summed E-state index contributed by atoms with van der Waals surface area (Å²) in [5.41, 5.74) is 2.24. The average Bonchev–Trinajstić information content (AvgIpc) is 2.26. The van der Waals surface area contributed by atoms with Crippen molar-refractivity contribution in [2.24, 2.45) is 0 Å². The van der Waals surface area contributed by atoms with Crippen molar-refractivity contribution < 1.29 is 4.79 Å². The zero-order valence-corrected chi connectivity index (χ0v) is 11.8. The Balaban J connectivity index is 2.52. The van der Waals surface area contributed by atoms with Gasteiger partial charge in [-0.1, -0.05) is 40.9 Å². The largest absolute Gasteiger partial charge is 0.294 e. The van der Waals surface area contributed by atoms with Crippen LogP contribution in [-0.4, -0.2) is 5.78 Å². The van der Waals surface area contributed by atoms with Crippen molar-refractivity contribution in [3.05, 3.63) is 57.0 Å². The third kappa shape index (κ3) is 2.86. The summed E-state index contributed by atoms with van der Waals surface area (Å²) in [6, 6.07) is 10.5. The Bertz CT molecular complexity index is 600. The normalized spacial score (nSPS) is 10.4. The molecule has 0 unspecified atom stereocenters. The number of halogens is 3. The van der Waals surface area contributed by atoms with Gasteiger partial charge in [-0.25, -0.2) is 0 Å². The Hall–Kier alpha value is -1.02. The molecular formula is C14H9Cl3O. The number of hydrogen-bond donors (Lipinski definition) is 0. The molecule has 0 N–H and O–H groups in total. The van der Waals surface area contributed by atoms with E-state index in [0.29, 0.717) is 20.6 Å². The third-order valence-corrected chi connectivity index (χ3v) is 3.29. The Kier molecular flexibility index (Phi) is 3.96. The number of rotatable bonds is 2. The smallest absolute Gasteiger partial charge is 0.161 e. The molecule has 0 atom stereocenters. The molecule has 2 aromatic carbocycles. The molecule has 0 bridgehead atoms. The maximum absolute atomic E-state index is 11.3. The number of Topliss-reactive ketones (excluding diaryl/α,β-unsaturated/α-hetero) is 1. The highest BCUT2D eigenvalue weighted by atomic mass is 35.5. The lowest BCUT2D eigenvalue weighted by molar-refractivity contribution is 0.101. The Morgan fingerprint density at radius 3 is 2.00 bits per heavy atom. The topological polar surface area (TPSA) is 17.1 Å². The lowest BCUT2D eigenvalue weighted by atomic mass is 10.0. The number of carbonyl (C=O) groups excluding carboxylic acids is 1. The van der Waals surface area contributed by atoms with Gasteiger partial charge in [0.1, 0.15) is 0 Å². The predicted octanol–water partition coefficient (Wildman–Crippen LogP) is 5.52. The highest BCUT2D eigenvalue weighted by Crippen LogP contribution is 2.30. The Labute approximate surface area is 120 Å². The van der Waals surface area contributed by atoms with Crippen molar-refractivity contribution in [3.63, 3.8) is 0 Å². The molecule has 0 amide bonds. The van der Waals surface area contributed by atoms with Gasteiger partial charge in [-0.2, -0.15) is 0 Å². The van der Waals surface area contributed by atoms with Gasteiger partial charge < -0.3 is 0 Å². The quantitative estimate of drug-likeness (QED) is 0.668. The van der Waals surface area contributed by atoms with E-state index in [1.165, 1.54) is 6.92 Å². The van der Waals surface area contributed by atoms with Crippen molar-refractivity contribution >= 4 is 40.6 Å². The fraction of sp³-hybridized carbons (Fsp3) is 0.0714. The molecule has 4 heteroatoms. The van der Waals surface area contributed by atoms with Crippen molar-refractivity contribution in [3.8, 4) is 11.1 Å². The Morgan fingerprint density at radius 1 is 0.889 bits per heavy atom. The highest BCUT2D eigenvalue weighted by molar-refractivity contribution is 6.35. The zero-order valence-electron chi connectivity index (χ0n) is 9.51. The number of ketones is 1. The fourth-order valence-corrected chi connectivity index (χ4v) is 2.54. The molecule has 0 aromatic heterocycles. The summed E-state index contributed by atoms with van der Waals surface area (Å²) in [5, 5.41) is 1.55. The van der Waals surface area contributed by atoms with Crippen LogP contribution < -0.4 is 0 Å². The standard InChI is InChI=1S/C14H9Cl3O/c1-8(18)13-3-2-9(6-14(13)17)10-4-11(15)7-12(16)5-10/h2-7H,1H3. The van der Waals surface area contributed by atoms with Crippen molar-refractivity contribution in [1.82, 2.24) is 0 Å². The second-order valence-corrected chi connectivity index (χ2v) is 5.19.